The second-order valence-corrected chi connectivity index (χ2v) is 5.19. The molecule has 2 rings (SSSR count). The maximum absolute atomic E-state index is 4.38. The molecule has 0 spiro atoms. The maximum Gasteiger partial charge on any atom is 0.138 e. The molecule has 0 saturated heterocycles. The standard InChI is InChI=1S/C10H16BrN3/c1-2-14-10(12-7-13-14)8-4-3-5-9(11)6-8/h7-9H,2-6H2,1H3. The van der Waals surface area contributed by atoms with Gasteiger partial charge in [-0.15, -0.1) is 0 Å². The van der Waals surface area contributed by atoms with Crippen molar-refractivity contribution in [3.8, 4) is 0 Å². The predicted molar refractivity (Wildman–Crippen MR) is 59.6 cm³/mol. The van der Waals surface area contributed by atoms with Gasteiger partial charge in [0.2, 0.25) is 0 Å². The second kappa shape index (κ2) is 4.43. The van der Waals surface area contributed by atoms with E-state index in [1.165, 1.54) is 31.5 Å². The maximum atomic E-state index is 4.38. The summed E-state index contributed by atoms with van der Waals surface area (Å²) in [5.41, 5.74) is 0. The zero-order valence-electron chi connectivity index (χ0n) is 8.49. The number of aromatic nitrogens is 3. The van der Waals surface area contributed by atoms with E-state index in [1.54, 1.807) is 6.33 Å². The van der Waals surface area contributed by atoms with E-state index >= 15 is 0 Å². The summed E-state index contributed by atoms with van der Waals surface area (Å²) >= 11 is 3.70. The van der Waals surface area contributed by atoms with Crippen molar-refractivity contribution in [1.29, 1.82) is 0 Å². The lowest BCUT2D eigenvalue weighted by molar-refractivity contribution is 0.422. The van der Waals surface area contributed by atoms with Gasteiger partial charge in [-0.2, -0.15) is 5.10 Å². The zero-order chi connectivity index (χ0) is 9.97. The molecule has 1 aliphatic rings. The van der Waals surface area contributed by atoms with Crippen LogP contribution in [0.5, 0.6) is 0 Å². The predicted octanol–water partition coefficient (Wildman–Crippen LogP) is 2.72. The van der Waals surface area contributed by atoms with Crippen LogP contribution in [0.25, 0.3) is 0 Å². The van der Waals surface area contributed by atoms with Gasteiger partial charge in [-0.3, -0.25) is 4.68 Å². The van der Waals surface area contributed by atoms with Gasteiger partial charge in [0.25, 0.3) is 0 Å². The van der Waals surface area contributed by atoms with Gasteiger partial charge >= 0.3 is 0 Å². The Labute approximate surface area is 93.0 Å². The normalized spacial score (nSPS) is 27.9. The quantitative estimate of drug-likeness (QED) is 0.763. The van der Waals surface area contributed by atoms with Crippen molar-refractivity contribution < 1.29 is 0 Å². The van der Waals surface area contributed by atoms with E-state index in [0.29, 0.717) is 10.7 Å². The summed E-state index contributed by atoms with van der Waals surface area (Å²) in [7, 11) is 0. The molecule has 0 N–H and O–H groups in total. The third-order valence-corrected chi connectivity index (χ3v) is 3.75. The summed E-state index contributed by atoms with van der Waals surface area (Å²) in [5.74, 6) is 1.78. The molecule has 2 unspecified atom stereocenters. The summed E-state index contributed by atoms with van der Waals surface area (Å²) in [5, 5.41) is 4.23. The van der Waals surface area contributed by atoms with Crippen LogP contribution in [0.2, 0.25) is 0 Å². The molecule has 1 saturated carbocycles. The fourth-order valence-electron chi connectivity index (χ4n) is 2.20. The van der Waals surface area contributed by atoms with Crippen molar-refractivity contribution in [2.24, 2.45) is 0 Å². The third kappa shape index (κ3) is 2.00. The number of aryl methyl sites for hydroxylation is 1. The van der Waals surface area contributed by atoms with Gasteiger partial charge in [0, 0.05) is 17.3 Å². The van der Waals surface area contributed by atoms with Crippen molar-refractivity contribution in [3.63, 3.8) is 0 Å². The van der Waals surface area contributed by atoms with Crippen LogP contribution in [0, 0.1) is 0 Å². The molecule has 14 heavy (non-hydrogen) atoms. The Kier molecular flexibility index (Phi) is 3.21. The molecule has 1 heterocycles. The van der Waals surface area contributed by atoms with Gasteiger partial charge in [-0.05, 0) is 26.2 Å². The summed E-state index contributed by atoms with van der Waals surface area (Å²) in [6, 6.07) is 0. The average molecular weight is 258 g/mol. The largest absolute Gasteiger partial charge is 0.250 e. The smallest absolute Gasteiger partial charge is 0.138 e. The number of halogens is 1. The molecule has 1 aliphatic carbocycles. The molecule has 0 aromatic carbocycles. The minimum Gasteiger partial charge on any atom is -0.250 e. The summed E-state index contributed by atoms with van der Waals surface area (Å²) in [6.45, 7) is 3.05. The topological polar surface area (TPSA) is 30.7 Å². The van der Waals surface area contributed by atoms with Crippen LogP contribution in [-0.4, -0.2) is 19.6 Å². The monoisotopic (exact) mass is 257 g/mol. The summed E-state index contributed by atoms with van der Waals surface area (Å²) < 4.78 is 2.02. The van der Waals surface area contributed by atoms with Crippen molar-refractivity contribution in [2.45, 2.75) is 49.9 Å². The van der Waals surface area contributed by atoms with Gasteiger partial charge in [0.15, 0.2) is 0 Å². The highest BCUT2D eigenvalue weighted by Gasteiger charge is 2.24. The Morgan fingerprint density at radius 3 is 3.14 bits per heavy atom. The molecule has 0 aliphatic heterocycles. The molecule has 3 nitrogen and oxygen atoms in total. The van der Waals surface area contributed by atoms with Gasteiger partial charge in [0.05, 0.1) is 0 Å². The SMILES string of the molecule is CCn1ncnc1C1CCCC(Br)C1. The number of nitrogens with zero attached hydrogens (tertiary/aromatic N) is 3. The molecule has 0 amide bonds. The Bertz CT molecular complexity index is 297. The zero-order valence-corrected chi connectivity index (χ0v) is 10.1. The van der Waals surface area contributed by atoms with E-state index < -0.39 is 0 Å². The van der Waals surface area contributed by atoms with Gasteiger partial charge in [-0.1, -0.05) is 22.4 Å². The Hall–Kier alpha value is -0.380. The van der Waals surface area contributed by atoms with E-state index in [2.05, 4.69) is 32.9 Å². The number of hydrogen-bond acceptors (Lipinski definition) is 2. The molecule has 1 aromatic heterocycles. The fourth-order valence-corrected chi connectivity index (χ4v) is 2.97. The first-order valence-corrected chi connectivity index (χ1v) is 6.24. The van der Waals surface area contributed by atoms with Crippen LogP contribution in [0.15, 0.2) is 6.33 Å². The molecular weight excluding hydrogens is 242 g/mol. The minimum atomic E-state index is 0.607. The van der Waals surface area contributed by atoms with Crippen molar-refractivity contribution in [2.75, 3.05) is 0 Å². The first kappa shape index (κ1) is 10.1. The second-order valence-electron chi connectivity index (χ2n) is 3.89. The van der Waals surface area contributed by atoms with Crippen molar-refractivity contribution >= 4 is 15.9 Å². The molecule has 0 bridgehead atoms. The van der Waals surface area contributed by atoms with Crippen LogP contribution in [0.3, 0.4) is 0 Å². The van der Waals surface area contributed by atoms with E-state index in [4.69, 9.17) is 0 Å². The van der Waals surface area contributed by atoms with E-state index in [1.807, 2.05) is 4.68 Å². The van der Waals surface area contributed by atoms with E-state index in [0.717, 1.165) is 6.54 Å². The highest BCUT2D eigenvalue weighted by molar-refractivity contribution is 9.09. The molecule has 0 radical (unpaired) electrons. The highest BCUT2D eigenvalue weighted by Crippen LogP contribution is 2.34. The van der Waals surface area contributed by atoms with Crippen molar-refractivity contribution in [3.05, 3.63) is 12.2 Å². The number of alkyl halides is 1. The van der Waals surface area contributed by atoms with Crippen molar-refractivity contribution in [1.82, 2.24) is 14.8 Å². The first-order valence-electron chi connectivity index (χ1n) is 5.33. The lowest BCUT2D eigenvalue weighted by Gasteiger charge is -2.24. The van der Waals surface area contributed by atoms with Gasteiger partial charge in [0.1, 0.15) is 12.2 Å². The highest BCUT2D eigenvalue weighted by atomic mass is 79.9. The third-order valence-electron chi connectivity index (χ3n) is 2.92. The Morgan fingerprint density at radius 1 is 1.57 bits per heavy atom. The lowest BCUT2D eigenvalue weighted by atomic mass is 9.88. The molecule has 4 heteroatoms. The molecule has 2 atom stereocenters. The van der Waals surface area contributed by atoms with E-state index in [9.17, 15) is 0 Å². The number of rotatable bonds is 2. The van der Waals surface area contributed by atoms with Crippen LogP contribution in [0.4, 0.5) is 0 Å². The van der Waals surface area contributed by atoms with E-state index in [-0.39, 0.29) is 0 Å². The molecule has 1 aromatic rings. The van der Waals surface area contributed by atoms with Gasteiger partial charge < -0.3 is 0 Å². The number of hydrogen-bond donors (Lipinski definition) is 0. The molecule has 78 valence electrons. The minimum absolute atomic E-state index is 0.607. The Balaban J connectivity index is 2.13. The Morgan fingerprint density at radius 2 is 2.43 bits per heavy atom. The summed E-state index contributed by atoms with van der Waals surface area (Å²) in [6.07, 6.45) is 6.75. The molecule has 1 fully saturated rings. The van der Waals surface area contributed by atoms with Crippen LogP contribution in [0.1, 0.15) is 44.3 Å². The van der Waals surface area contributed by atoms with Crippen LogP contribution < -0.4 is 0 Å². The van der Waals surface area contributed by atoms with Crippen LogP contribution in [-0.2, 0) is 6.54 Å². The van der Waals surface area contributed by atoms with Gasteiger partial charge in [-0.25, -0.2) is 4.98 Å². The molecular formula is C10H16BrN3. The average Bonchev–Trinajstić information content (AvgIpc) is 2.65. The first-order chi connectivity index (χ1) is 6.81. The fraction of sp³-hybridized carbons (Fsp3) is 0.800. The lowest BCUT2D eigenvalue weighted by Crippen LogP contribution is -2.17. The van der Waals surface area contributed by atoms with Crippen LogP contribution >= 0.6 is 15.9 Å². The summed E-state index contributed by atoms with van der Waals surface area (Å²) in [4.78, 5) is 5.05.